The van der Waals surface area contributed by atoms with Crippen LogP contribution in [0.1, 0.15) is 17.2 Å². The Balaban J connectivity index is 2.55. The minimum Gasteiger partial charge on any atom is -0.383 e. The molecule has 5 heteroatoms. The van der Waals surface area contributed by atoms with Gasteiger partial charge in [0, 0.05) is 15.6 Å². The molecule has 0 aliphatic heterocycles. The lowest BCUT2D eigenvalue weighted by Gasteiger charge is -2.15. The highest BCUT2D eigenvalue weighted by Gasteiger charge is 2.22. The SMILES string of the molecule is OC(c1cccc(F)c1F)c1c(F)cccc1Br. The lowest BCUT2D eigenvalue weighted by molar-refractivity contribution is 0.207. The average Bonchev–Trinajstić information content (AvgIpc) is 2.32. The van der Waals surface area contributed by atoms with E-state index in [4.69, 9.17) is 0 Å². The summed E-state index contributed by atoms with van der Waals surface area (Å²) in [6, 6.07) is 7.49. The molecule has 0 radical (unpaired) electrons. The van der Waals surface area contributed by atoms with Crippen molar-refractivity contribution in [2.24, 2.45) is 0 Å². The summed E-state index contributed by atoms with van der Waals surface area (Å²) in [5.41, 5.74) is -0.428. The molecule has 0 fully saturated rings. The fourth-order valence-corrected chi connectivity index (χ4v) is 2.22. The summed E-state index contributed by atoms with van der Waals surface area (Å²) >= 11 is 3.07. The summed E-state index contributed by atoms with van der Waals surface area (Å²) in [7, 11) is 0. The molecular weight excluding hydrogens is 309 g/mol. The fraction of sp³-hybridized carbons (Fsp3) is 0.0769. The molecule has 2 aromatic carbocycles. The van der Waals surface area contributed by atoms with Crippen molar-refractivity contribution in [1.82, 2.24) is 0 Å². The van der Waals surface area contributed by atoms with Gasteiger partial charge in [0.1, 0.15) is 11.9 Å². The van der Waals surface area contributed by atoms with E-state index in [0.717, 1.165) is 12.1 Å². The molecule has 1 unspecified atom stereocenters. The zero-order chi connectivity index (χ0) is 13.3. The summed E-state index contributed by atoms with van der Waals surface area (Å²) in [5.74, 6) is -2.96. The van der Waals surface area contributed by atoms with Crippen molar-refractivity contribution >= 4 is 15.9 Å². The number of aliphatic hydroxyl groups excluding tert-OH is 1. The number of hydrogen-bond donors (Lipinski definition) is 1. The summed E-state index contributed by atoms with van der Waals surface area (Å²) in [6.45, 7) is 0. The van der Waals surface area contributed by atoms with Crippen molar-refractivity contribution in [3.05, 3.63) is 69.4 Å². The average molecular weight is 317 g/mol. The Bertz CT molecular complexity index is 566. The van der Waals surface area contributed by atoms with E-state index >= 15 is 0 Å². The van der Waals surface area contributed by atoms with E-state index in [1.54, 1.807) is 0 Å². The third-order valence-electron chi connectivity index (χ3n) is 2.55. The van der Waals surface area contributed by atoms with Gasteiger partial charge in [-0.05, 0) is 18.2 Å². The number of rotatable bonds is 2. The number of hydrogen-bond acceptors (Lipinski definition) is 1. The highest BCUT2D eigenvalue weighted by Crippen LogP contribution is 2.32. The lowest BCUT2D eigenvalue weighted by Crippen LogP contribution is -2.07. The number of halogens is 4. The van der Waals surface area contributed by atoms with Gasteiger partial charge >= 0.3 is 0 Å². The largest absolute Gasteiger partial charge is 0.383 e. The van der Waals surface area contributed by atoms with E-state index in [1.165, 1.54) is 24.3 Å². The first-order chi connectivity index (χ1) is 8.52. The molecule has 2 aromatic rings. The highest BCUT2D eigenvalue weighted by atomic mass is 79.9. The van der Waals surface area contributed by atoms with Gasteiger partial charge in [0.05, 0.1) is 0 Å². The molecule has 0 bridgehead atoms. The molecule has 0 saturated carbocycles. The van der Waals surface area contributed by atoms with Gasteiger partial charge in [0.25, 0.3) is 0 Å². The second kappa shape index (κ2) is 5.12. The van der Waals surface area contributed by atoms with Gasteiger partial charge in [-0.15, -0.1) is 0 Å². The van der Waals surface area contributed by atoms with E-state index < -0.39 is 23.6 Å². The Kier molecular flexibility index (Phi) is 3.73. The van der Waals surface area contributed by atoms with Crippen molar-refractivity contribution in [2.75, 3.05) is 0 Å². The van der Waals surface area contributed by atoms with Crippen LogP contribution in [0.15, 0.2) is 40.9 Å². The van der Waals surface area contributed by atoms with Crippen LogP contribution in [-0.2, 0) is 0 Å². The maximum atomic E-state index is 13.6. The third kappa shape index (κ3) is 2.28. The van der Waals surface area contributed by atoms with Crippen LogP contribution >= 0.6 is 15.9 Å². The third-order valence-corrected chi connectivity index (χ3v) is 3.24. The predicted octanol–water partition coefficient (Wildman–Crippen LogP) is 3.95. The normalized spacial score (nSPS) is 12.5. The molecule has 0 saturated heterocycles. The van der Waals surface area contributed by atoms with Crippen LogP contribution < -0.4 is 0 Å². The Hall–Kier alpha value is -1.33. The van der Waals surface area contributed by atoms with Gasteiger partial charge in [-0.3, -0.25) is 0 Å². The van der Waals surface area contributed by atoms with Gasteiger partial charge in [-0.2, -0.15) is 0 Å². The second-order valence-electron chi connectivity index (χ2n) is 3.68. The highest BCUT2D eigenvalue weighted by molar-refractivity contribution is 9.10. The lowest BCUT2D eigenvalue weighted by atomic mass is 10.0. The standard InChI is InChI=1S/C13H8BrF3O/c14-8-4-2-5-9(15)11(8)13(18)7-3-1-6-10(16)12(7)17/h1-6,13,18H. The van der Waals surface area contributed by atoms with E-state index in [1.807, 2.05) is 0 Å². The minimum atomic E-state index is -1.57. The van der Waals surface area contributed by atoms with Crippen molar-refractivity contribution in [1.29, 1.82) is 0 Å². The first-order valence-electron chi connectivity index (χ1n) is 5.08. The molecule has 94 valence electrons. The topological polar surface area (TPSA) is 20.2 Å². The summed E-state index contributed by atoms with van der Waals surface area (Å²) in [4.78, 5) is 0. The number of benzene rings is 2. The molecule has 1 N–H and O–H groups in total. The zero-order valence-electron chi connectivity index (χ0n) is 9.00. The summed E-state index contributed by atoms with van der Waals surface area (Å²) in [5, 5.41) is 9.98. The molecule has 18 heavy (non-hydrogen) atoms. The van der Waals surface area contributed by atoms with Crippen molar-refractivity contribution < 1.29 is 18.3 Å². The minimum absolute atomic E-state index is 0.123. The molecule has 1 atom stereocenters. The van der Waals surface area contributed by atoms with E-state index in [9.17, 15) is 18.3 Å². The van der Waals surface area contributed by atoms with E-state index in [0.29, 0.717) is 4.47 Å². The Morgan fingerprint density at radius 3 is 2.22 bits per heavy atom. The fourth-order valence-electron chi connectivity index (χ4n) is 1.66. The second-order valence-corrected chi connectivity index (χ2v) is 4.54. The molecule has 0 amide bonds. The van der Waals surface area contributed by atoms with Crippen LogP contribution in [0.25, 0.3) is 0 Å². The Morgan fingerprint density at radius 1 is 0.944 bits per heavy atom. The molecular formula is C13H8BrF3O. The molecule has 0 aliphatic rings. The van der Waals surface area contributed by atoms with Gasteiger partial charge in [-0.1, -0.05) is 34.1 Å². The smallest absolute Gasteiger partial charge is 0.164 e. The Labute approximate surface area is 110 Å². The maximum absolute atomic E-state index is 13.6. The van der Waals surface area contributed by atoms with Crippen LogP contribution in [0.2, 0.25) is 0 Å². The van der Waals surface area contributed by atoms with Gasteiger partial charge < -0.3 is 5.11 Å². The first kappa shape index (κ1) is 13.1. The van der Waals surface area contributed by atoms with E-state index in [-0.39, 0.29) is 11.1 Å². The molecule has 0 spiro atoms. The van der Waals surface area contributed by atoms with E-state index in [2.05, 4.69) is 15.9 Å². The van der Waals surface area contributed by atoms with Gasteiger partial charge in [-0.25, -0.2) is 13.2 Å². The zero-order valence-corrected chi connectivity index (χ0v) is 10.6. The Morgan fingerprint density at radius 2 is 1.56 bits per heavy atom. The monoisotopic (exact) mass is 316 g/mol. The molecule has 1 nitrogen and oxygen atoms in total. The summed E-state index contributed by atoms with van der Waals surface area (Å²) in [6.07, 6.45) is -1.57. The van der Waals surface area contributed by atoms with Crippen molar-refractivity contribution in [3.8, 4) is 0 Å². The van der Waals surface area contributed by atoms with Crippen LogP contribution in [0.5, 0.6) is 0 Å². The van der Waals surface area contributed by atoms with Gasteiger partial charge in [0.2, 0.25) is 0 Å². The molecule has 2 rings (SSSR count). The quantitative estimate of drug-likeness (QED) is 0.889. The van der Waals surface area contributed by atoms with Crippen LogP contribution in [-0.4, -0.2) is 5.11 Å². The van der Waals surface area contributed by atoms with Crippen LogP contribution in [0.4, 0.5) is 13.2 Å². The predicted molar refractivity (Wildman–Crippen MR) is 64.5 cm³/mol. The van der Waals surface area contributed by atoms with Crippen molar-refractivity contribution in [3.63, 3.8) is 0 Å². The number of aliphatic hydroxyl groups is 1. The first-order valence-corrected chi connectivity index (χ1v) is 5.87. The van der Waals surface area contributed by atoms with Crippen LogP contribution in [0, 0.1) is 17.5 Å². The summed E-state index contributed by atoms with van der Waals surface area (Å²) < 4.78 is 40.5. The van der Waals surface area contributed by atoms with Crippen LogP contribution in [0.3, 0.4) is 0 Å². The van der Waals surface area contributed by atoms with Gasteiger partial charge in [0.15, 0.2) is 11.6 Å². The molecule has 0 heterocycles. The molecule has 0 aliphatic carbocycles. The maximum Gasteiger partial charge on any atom is 0.164 e. The van der Waals surface area contributed by atoms with Crippen molar-refractivity contribution in [2.45, 2.75) is 6.10 Å². The molecule has 0 aromatic heterocycles.